The third-order valence-electron chi connectivity index (χ3n) is 5.09. The molecule has 1 fully saturated rings. The summed E-state index contributed by atoms with van der Waals surface area (Å²) in [5, 5.41) is 0. The standard InChI is InChI=1S/C21H30O4/c1-5-24-20(23)21(14-12-15(2)3)13-6-7-18(21)25-19(22)17-10-8-16(4)9-11-17/h8-11,15,18H,5-7,12-14H2,1-4H3. The number of ether oxygens (including phenoxy) is 2. The first-order valence-electron chi connectivity index (χ1n) is 9.34. The summed E-state index contributed by atoms with van der Waals surface area (Å²) in [6.07, 6.45) is 3.54. The quantitative estimate of drug-likeness (QED) is 0.672. The average Bonchev–Trinajstić information content (AvgIpc) is 2.97. The largest absolute Gasteiger partial charge is 0.465 e. The zero-order valence-corrected chi connectivity index (χ0v) is 15.8. The Balaban J connectivity index is 2.18. The van der Waals surface area contributed by atoms with Crippen LogP contribution in [0.5, 0.6) is 0 Å². The number of rotatable bonds is 7. The molecule has 0 N–H and O–H groups in total. The van der Waals surface area contributed by atoms with Crippen LogP contribution in [-0.4, -0.2) is 24.6 Å². The summed E-state index contributed by atoms with van der Waals surface area (Å²) >= 11 is 0. The third kappa shape index (κ3) is 4.62. The van der Waals surface area contributed by atoms with Gasteiger partial charge in [0.1, 0.15) is 11.5 Å². The van der Waals surface area contributed by atoms with Crippen LogP contribution in [0.3, 0.4) is 0 Å². The number of aryl methyl sites for hydroxylation is 1. The molecule has 2 rings (SSSR count). The van der Waals surface area contributed by atoms with Crippen molar-refractivity contribution >= 4 is 11.9 Å². The minimum Gasteiger partial charge on any atom is -0.465 e. The highest BCUT2D eigenvalue weighted by molar-refractivity contribution is 5.90. The lowest BCUT2D eigenvalue weighted by Gasteiger charge is -2.33. The lowest BCUT2D eigenvalue weighted by molar-refractivity contribution is -0.162. The van der Waals surface area contributed by atoms with Gasteiger partial charge in [0.05, 0.1) is 12.2 Å². The van der Waals surface area contributed by atoms with Gasteiger partial charge in [0, 0.05) is 0 Å². The minimum atomic E-state index is -0.694. The molecule has 0 saturated heterocycles. The summed E-state index contributed by atoms with van der Waals surface area (Å²) in [7, 11) is 0. The molecule has 0 aliphatic heterocycles. The Morgan fingerprint density at radius 3 is 2.52 bits per heavy atom. The molecule has 0 amide bonds. The van der Waals surface area contributed by atoms with E-state index < -0.39 is 11.5 Å². The molecule has 0 aromatic heterocycles. The fourth-order valence-electron chi connectivity index (χ4n) is 3.54. The highest BCUT2D eigenvalue weighted by Crippen LogP contribution is 2.46. The number of hydrogen-bond donors (Lipinski definition) is 0. The molecule has 0 spiro atoms. The molecule has 0 heterocycles. The number of hydrogen-bond acceptors (Lipinski definition) is 4. The van der Waals surface area contributed by atoms with Crippen LogP contribution in [0.25, 0.3) is 0 Å². The molecule has 4 nitrogen and oxygen atoms in total. The Hall–Kier alpha value is -1.84. The Labute approximate surface area is 150 Å². The molecule has 1 aromatic carbocycles. The van der Waals surface area contributed by atoms with Crippen LogP contribution in [0, 0.1) is 18.3 Å². The van der Waals surface area contributed by atoms with Crippen LogP contribution in [0.4, 0.5) is 0 Å². The molecular weight excluding hydrogens is 316 g/mol. The van der Waals surface area contributed by atoms with Crippen LogP contribution in [0.1, 0.15) is 68.8 Å². The molecule has 1 aromatic rings. The molecule has 2 atom stereocenters. The SMILES string of the molecule is CCOC(=O)C1(CCC(C)C)CCCC1OC(=O)c1ccc(C)cc1. The Bertz CT molecular complexity index is 590. The second-order valence-corrected chi connectivity index (χ2v) is 7.46. The maximum Gasteiger partial charge on any atom is 0.338 e. The number of esters is 2. The van der Waals surface area contributed by atoms with E-state index in [4.69, 9.17) is 9.47 Å². The van der Waals surface area contributed by atoms with E-state index in [1.165, 1.54) is 0 Å². The highest BCUT2D eigenvalue weighted by Gasteiger charge is 2.52. The van der Waals surface area contributed by atoms with Gasteiger partial charge in [0.15, 0.2) is 0 Å². The highest BCUT2D eigenvalue weighted by atomic mass is 16.6. The van der Waals surface area contributed by atoms with E-state index in [0.717, 1.165) is 24.8 Å². The van der Waals surface area contributed by atoms with E-state index in [1.807, 2.05) is 26.0 Å². The lowest BCUT2D eigenvalue weighted by Crippen LogP contribution is -2.42. The molecule has 4 heteroatoms. The summed E-state index contributed by atoms with van der Waals surface area (Å²) in [4.78, 5) is 25.3. The van der Waals surface area contributed by atoms with Crippen LogP contribution in [0.2, 0.25) is 0 Å². The van der Waals surface area contributed by atoms with Gasteiger partial charge in [-0.2, -0.15) is 0 Å². The van der Waals surface area contributed by atoms with Gasteiger partial charge < -0.3 is 9.47 Å². The third-order valence-corrected chi connectivity index (χ3v) is 5.09. The second kappa shape index (κ2) is 8.50. The van der Waals surface area contributed by atoms with E-state index >= 15 is 0 Å². The maximum absolute atomic E-state index is 12.7. The van der Waals surface area contributed by atoms with Gasteiger partial charge in [-0.05, 0) is 64.0 Å². The van der Waals surface area contributed by atoms with Gasteiger partial charge in [0.25, 0.3) is 0 Å². The van der Waals surface area contributed by atoms with Gasteiger partial charge in [-0.15, -0.1) is 0 Å². The molecule has 1 aliphatic rings. The van der Waals surface area contributed by atoms with Gasteiger partial charge >= 0.3 is 11.9 Å². The maximum atomic E-state index is 12.7. The molecule has 138 valence electrons. The number of benzene rings is 1. The van der Waals surface area contributed by atoms with Crippen LogP contribution in [0.15, 0.2) is 24.3 Å². The topological polar surface area (TPSA) is 52.6 Å². The number of carbonyl (C=O) groups is 2. The summed E-state index contributed by atoms with van der Waals surface area (Å²) in [5.41, 5.74) is 0.926. The molecule has 1 saturated carbocycles. The Kier molecular flexibility index (Phi) is 6.63. The van der Waals surface area contributed by atoms with E-state index in [1.54, 1.807) is 12.1 Å². The molecule has 0 radical (unpaired) electrons. The summed E-state index contributed by atoms with van der Waals surface area (Å²) < 4.78 is 11.2. The molecular formula is C21H30O4. The molecule has 25 heavy (non-hydrogen) atoms. The number of carbonyl (C=O) groups excluding carboxylic acids is 2. The van der Waals surface area contributed by atoms with Crippen LogP contribution in [-0.2, 0) is 14.3 Å². The van der Waals surface area contributed by atoms with E-state index in [-0.39, 0.29) is 11.9 Å². The average molecular weight is 346 g/mol. The zero-order valence-electron chi connectivity index (χ0n) is 15.8. The van der Waals surface area contributed by atoms with Crippen molar-refractivity contribution < 1.29 is 19.1 Å². The van der Waals surface area contributed by atoms with Crippen molar-refractivity contribution in [2.75, 3.05) is 6.61 Å². The Morgan fingerprint density at radius 1 is 1.24 bits per heavy atom. The van der Waals surface area contributed by atoms with E-state index in [9.17, 15) is 9.59 Å². The first-order chi connectivity index (χ1) is 11.9. The van der Waals surface area contributed by atoms with Crippen molar-refractivity contribution in [1.29, 1.82) is 0 Å². The second-order valence-electron chi connectivity index (χ2n) is 7.46. The first kappa shape index (κ1) is 19.5. The summed E-state index contributed by atoms with van der Waals surface area (Å²) in [6, 6.07) is 7.32. The van der Waals surface area contributed by atoms with Gasteiger partial charge in [-0.1, -0.05) is 31.5 Å². The predicted molar refractivity (Wildman–Crippen MR) is 97.4 cm³/mol. The fraction of sp³-hybridized carbons (Fsp3) is 0.619. The van der Waals surface area contributed by atoms with Crippen molar-refractivity contribution in [3.63, 3.8) is 0 Å². The van der Waals surface area contributed by atoms with Crippen molar-refractivity contribution in [2.24, 2.45) is 11.3 Å². The fourth-order valence-corrected chi connectivity index (χ4v) is 3.54. The first-order valence-corrected chi connectivity index (χ1v) is 9.34. The summed E-state index contributed by atoms with van der Waals surface area (Å²) in [5.74, 6) is -0.0830. The zero-order chi connectivity index (χ0) is 18.4. The van der Waals surface area contributed by atoms with Gasteiger partial charge in [-0.25, -0.2) is 4.79 Å². The Morgan fingerprint density at radius 2 is 1.92 bits per heavy atom. The monoisotopic (exact) mass is 346 g/mol. The van der Waals surface area contributed by atoms with Crippen LogP contribution < -0.4 is 0 Å². The van der Waals surface area contributed by atoms with Crippen molar-refractivity contribution in [3.8, 4) is 0 Å². The minimum absolute atomic E-state index is 0.213. The van der Waals surface area contributed by atoms with Crippen molar-refractivity contribution in [3.05, 3.63) is 35.4 Å². The molecule has 1 aliphatic carbocycles. The van der Waals surface area contributed by atoms with E-state index in [2.05, 4.69) is 13.8 Å². The lowest BCUT2D eigenvalue weighted by atomic mass is 9.78. The van der Waals surface area contributed by atoms with Crippen LogP contribution >= 0.6 is 0 Å². The summed E-state index contributed by atoms with van der Waals surface area (Å²) in [6.45, 7) is 8.42. The molecule has 0 bridgehead atoms. The van der Waals surface area contributed by atoms with Crippen molar-refractivity contribution in [2.45, 2.75) is 65.9 Å². The van der Waals surface area contributed by atoms with Crippen molar-refractivity contribution in [1.82, 2.24) is 0 Å². The van der Waals surface area contributed by atoms with Gasteiger partial charge in [0.2, 0.25) is 0 Å². The normalized spacial score (nSPS) is 22.8. The smallest absolute Gasteiger partial charge is 0.338 e. The van der Waals surface area contributed by atoms with Gasteiger partial charge in [-0.3, -0.25) is 4.79 Å². The van der Waals surface area contributed by atoms with E-state index in [0.29, 0.717) is 30.9 Å². The predicted octanol–water partition coefficient (Wildman–Crippen LogP) is 4.69. The molecule has 2 unspecified atom stereocenters.